The van der Waals surface area contributed by atoms with Crippen LogP contribution in [0.5, 0.6) is 0 Å². The first kappa shape index (κ1) is 12.7. The third kappa shape index (κ3) is 2.76. The summed E-state index contributed by atoms with van der Waals surface area (Å²) < 4.78 is 0. The summed E-state index contributed by atoms with van der Waals surface area (Å²) in [6.45, 7) is 1.79. The van der Waals surface area contributed by atoms with Crippen LogP contribution in [-0.2, 0) is 0 Å². The molecule has 0 aliphatic rings. The Labute approximate surface area is 108 Å². The van der Waals surface area contributed by atoms with Gasteiger partial charge in [-0.05, 0) is 24.6 Å². The number of hydrogen-bond acceptors (Lipinski definition) is 4. The number of carboxylic acid groups (broad SMARTS) is 1. The lowest BCUT2D eigenvalue weighted by Gasteiger charge is -2.13. The second-order valence-electron chi connectivity index (χ2n) is 3.91. The van der Waals surface area contributed by atoms with E-state index in [4.69, 9.17) is 5.11 Å². The lowest BCUT2D eigenvalue weighted by atomic mass is 10.1. The number of carbonyl (C=O) groups excluding carboxylic acids is 1. The predicted octanol–water partition coefficient (Wildman–Crippen LogP) is 0.994. The van der Waals surface area contributed by atoms with Gasteiger partial charge >= 0.3 is 5.97 Å². The Hall–Kier alpha value is -2.70. The molecule has 2 heterocycles. The van der Waals surface area contributed by atoms with E-state index in [0.717, 1.165) is 5.56 Å². The average Bonchev–Trinajstić information content (AvgIpc) is 2.89. The molecular weight excluding hydrogens is 248 g/mol. The third-order valence-corrected chi connectivity index (χ3v) is 2.62. The molecule has 0 fully saturated rings. The number of aromatic amines is 1. The average molecular weight is 260 g/mol. The number of amides is 1. The number of carbonyl (C=O) groups is 2. The molecule has 0 spiro atoms. The molecule has 3 N–H and O–H groups in total. The van der Waals surface area contributed by atoms with Gasteiger partial charge in [-0.1, -0.05) is 0 Å². The lowest BCUT2D eigenvalue weighted by Crippen LogP contribution is -2.28. The number of hydrogen-bond donors (Lipinski definition) is 3. The number of aromatic carboxylic acids is 1. The Morgan fingerprint density at radius 3 is 2.68 bits per heavy atom. The number of H-pyrrole nitrogens is 1. The maximum Gasteiger partial charge on any atom is 0.354 e. The van der Waals surface area contributed by atoms with Crippen molar-refractivity contribution in [2.75, 3.05) is 0 Å². The van der Waals surface area contributed by atoms with Crippen molar-refractivity contribution < 1.29 is 14.7 Å². The van der Waals surface area contributed by atoms with E-state index < -0.39 is 11.9 Å². The smallest absolute Gasteiger partial charge is 0.354 e. The molecule has 19 heavy (non-hydrogen) atoms. The Morgan fingerprint density at radius 1 is 1.37 bits per heavy atom. The molecule has 0 bridgehead atoms. The Balaban J connectivity index is 2.13. The van der Waals surface area contributed by atoms with E-state index >= 15 is 0 Å². The number of carboxylic acids is 1. The van der Waals surface area contributed by atoms with Gasteiger partial charge in [0.05, 0.1) is 12.4 Å². The zero-order valence-corrected chi connectivity index (χ0v) is 10.1. The molecule has 0 saturated heterocycles. The molecule has 7 heteroatoms. The van der Waals surface area contributed by atoms with Crippen LogP contribution in [0, 0.1) is 0 Å². The summed E-state index contributed by atoms with van der Waals surface area (Å²) in [5.41, 5.74) is 0.517. The van der Waals surface area contributed by atoms with E-state index in [2.05, 4.69) is 20.3 Å². The van der Waals surface area contributed by atoms with Crippen LogP contribution in [0.25, 0.3) is 0 Å². The van der Waals surface area contributed by atoms with E-state index in [1.807, 2.05) is 0 Å². The minimum Gasteiger partial charge on any atom is -0.477 e. The van der Waals surface area contributed by atoms with Gasteiger partial charge in [0.1, 0.15) is 0 Å². The molecule has 0 radical (unpaired) electrons. The number of rotatable bonds is 4. The van der Waals surface area contributed by atoms with Crippen LogP contribution in [0.15, 0.2) is 30.9 Å². The summed E-state index contributed by atoms with van der Waals surface area (Å²) in [6.07, 6.45) is 4.42. The fourth-order valence-corrected chi connectivity index (χ4v) is 1.63. The Bertz CT molecular complexity index is 594. The van der Waals surface area contributed by atoms with Crippen LogP contribution >= 0.6 is 0 Å². The standard InChI is InChI=1S/C12H12N4O3/c1-7(8-2-4-13-5-3-8)16-11(17)9-10(12(18)19)15-6-14-9/h2-7H,1H3,(H,14,15)(H,16,17)(H,18,19)/t7-/m1/s1. The number of aromatic nitrogens is 3. The number of pyridine rings is 1. The SMILES string of the molecule is C[C@@H](NC(=O)c1nc[nH]c1C(=O)O)c1ccncc1. The van der Waals surface area contributed by atoms with Gasteiger partial charge in [-0.25, -0.2) is 9.78 Å². The minimum atomic E-state index is -1.22. The van der Waals surface area contributed by atoms with Gasteiger partial charge in [-0.3, -0.25) is 9.78 Å². The van der Waals surface area contributed by atoms with Gasteiger partial charge in [0.2, 0.25) is 0 Å². The van der Waals surface area contributed by atoms with Crippen molar-refractivity contribution in [3.8, 4) is 0 Å². The van der Waals surface area contributed by atoms with Crippen molar-refractivity contribution in [2.45, 2.75) is 13.0 Å². The van der Waals surface area contributed by atoms with Crippen LogP contribution in [0.2, 0.25) is 0 Å². The largest absolute Gasteiger partial charge is 0.477 e. The Morgan fingerprint density at radius 2 is 2.05 bits per heavy atom. The Kier molecular flexibility index (Phi) is 3.56. The molecular formula is C12H12N4O3. The van der Waals surface area contributed by atoms with E-state index in [1.165, 1.54) is 6.33 Å². The van der Waals surface area contributed by atoms with Crippen molar-refractivity contribution in [3.63, 3.8) is 0 Å². The highest BCUT2D eigenvalue weighted by atomic mass is 16.4. The second kappa shape index (κ2) is 5.30. The van der Waals surface area contributed by atoms with Gasteiger partial charge in [0.15, 0.2) is 11.4 Å². The summed E-state index contributed by atoms with van der Waals surface area (Å²) in [7, 11) is 0. The first-order valence-electron chi connectivity index (χ1n) is 5.57. The molecule has 2 aromatic heterocycles. The van der Waals surface area contributed by atoms with Crippen molar-refractivity contribution in [1.29, 1.82) is 0 Å². The highest BCUT2D eigenvalue weighted by Crippen LogP contribution is 2.12. The molecule has 0 aromatic carbocycles. The molecule has 1 amide bonds. The highest BCUT2D eigenvalue weighted by Gasteiger charge is 2.21. The van der Waals surface area contributed by atoms with Gasteiger partial charge in [0, 0.05) is 12.4 Å². The van der Waals surface area contributed by atoms with Crippen molar-refractivity contribution in [2.24, 2.45) is 0 Å². The van der Waals surface area contributed by atoms with E-state index in [1.54, 1.807) is 31.5 Å². The molecule has 2 aromatic rings. The maximum atomic E-state index is 11.9. The first-order chi connectivity index (χ1) is 9.09. The first-order valence-corrected chi connectivity index (χ1v) is 5.57. The molecule has 98 valence electrons. The molecule has 0 saturated carbocycles. The predicted molar refractivity (Wildman–Crippen MR) is 65.7 cm³/mol. The molecule has 0 aliphatic carbocycles. The minimum absolute atomic E-state index is 0.131. The van der Waals surface area contributed by atoms with Crippen LogP contribution in [-0.4, -0.2) is 31.9 Å². The van der Waals surface area contributed by atoms with Crippen LogP contribution in [0.1, 0.15) is 39.5 Å². The van der Waals surface area contributed by atoms with E-state index in [-0.39, 0.29) is 17.4 Å². The van der Waals surface area contributed by atoms with Gasteiger partial charge < -0.3 is 15.4 Å². The van der Waals surface area contributed by atoms with Crippen molar-refractivity contribution >= 4 is 11.9 Å². The van der Waals surface area contributed by atoms with E-state index in [0.29, 0.717) is 0 Å². The summed E-state index contributed by atoms with van der Waals surface area (Å²) in [5.74, 6) is -1.76. The number of nitrogens with zero attached hydrogens (tertiary/aromatic N) is 2. The zero-order chi connectivity index (χ0) is 13.8. The van der Waals surface area contributed by atoms with Crippen LogP contribution in [0.3, 0.4) is 0 Å². The fraction of sp³-hybridized carbons (Fsp3) is 0.167. The zero-order valence-electron chi connectivity index (χ0n) is 10.1. The van der Waals surface area contributed by atoms with Crippen LogP contribution < -0.4 is 5.32 Å². The summed E-state index contributed by atoms with van der Waals surface area (Å²) >= 11 is 0. The molecule has 7 nitrogen and oxygen atoms in total. The fourth-order valence-electron chi connectivity index (χ4n) is 1.63. The molecule has 0 aliphatic heterocycles. The molecule has 1 atom stereocenters. The lowest BCUT2D eigenvalue weighted by molar-refractivity contribution is 0.0684. The summed E-state index contributed by atoms with van der Waals surface area (Å²) in [6, 6.07) is 3.27. The monoisotopic (exact) mass is 260 g/mol. The van der Waals surface area contributed by atoms with Gasteiger partial charge in [0.25, 0.3) is 5.91 Å². The highest BCUT2D eigenvalue weighted by molar-refractivity contribution is 6.02. The van der Waals surface area contributed by atoms with Gasteiger partial charge in [-0.15, -0.1) is 0 Å². The molecule has 0 unspecified atom stereocenters. The van der Waals surface area contributed by atoms with E-state index in [9.17, 15) is 9.59 Å². The second-order valence-corrected chi connectivity index (χ2v) is 3.91. The normalized spacial score (nSPS) is 11.8. The van der Waals surface area contributed by atoms with Crippen molar-refractivity contribution in [1.82, 2.24) is 20.3 Å². The third-order valence-electron chi connectivity index (χ3n) is 2.62. The number of nitrogens with one attached hydrogen (secondary N) is 2. The summed E-state index contributed by atoms with van der Waals surface area (Å²) in [4.78, 5) is 32.9. The topological polar surface area (TPSA) is 108 Å². The number of imidazole rings is 1. The van der Waals surface area contributed by atoms with Gasteiger partial charge in [-0.2, -0.15) is 0 Å². The maximum absolute atomic E-state index is 11.9. The summed E-state index contributed by atoms with van der Waals surface area (Å²) in [5, 5.41) is 11.6. The quantitative estimate of drug-likeness (QED) is 0.759. The molecule has 2 rings (SSSR count). The van der Waals surface area contributed by atoms with Crippen molar-refractivity contribution in [3.05, 3.63) is 47.8 Å². The van der Waals surface area contributed by atoms with Crippen LogP contribution in [0.4, 0.5) is 0 Å².